The molecule has 0 saturated carbocycles. The smallest absolute Gasteiger partial charge is 0.266 e. The van der Waals surface area contributed by atoms with Gasteiger partial charge in [-0.25, -0.2) is 8.78 Å². The quantitative estimate of drug-likeness (QED) is 0.176. The average molecular weight is 640 g/mol. The molecule has 0 fully saturated rings. The number of hydrogen-bond donors (Lipinski definition) is 1. The Morgan fingerprint density at radius 1 is 0.844 bits per heavy atom. The number of fused-ring (bicyclic) bond motifs is 1. The van der Waals surface area contributed by atoms with Crippen LogP contribution in [0.4, 0.5) is 8.78 Å². The predicted octanol–water partition coefficient (Wildman–Crippen LogP) is 6.50. The molecule has 0 unspecified atom stereocenters. The van der Waals surface area contributed by atoms with Crippen molar-refractivity contribution >= 4 is 10.1 Å². The summed E-state index contributed by atoms with van der Waals surface area (Å²) in [5, 5.41) is 0. The molecule has 45 heavy (non-hydrogen) atoms. The number of hydrogen-bond acceptors (Lipinski definition) is 7. The molecule has 1 aliphatic rings. The zero-order valence-electron chi connectivity index (χ0n) is 25.3. The second kappa shape index (κ2) is 13.8. The van der Waals surface area contributed by atoms with E-state index in [2.05, 4.69) is 0 Å². The highest BCUT2D eigenvalue weighted by molar-refractivity contribution is 7.85. The molecule has 0 radical (unpaired) electrons. The molecule has 0 aliphatic carbocycles. The summed E-state index contributed by atoms with van der Waals surface area (Å²) >= 11 is 0. The zero-order valence-corrected chi connectivity index (χ0v) is 26.1. The van der Waals surface area contributed by atoms with Crippen LogP contribution in [0.5, 0.6) is 23.0 Å². The lowest BCUT2D eigenvalue weighted by Gasteiger charge is -2.21. The van der Waals surface area contributed by atoms with E-state index in [9.17, 15) is 17.2 Å². The molecular formula is C34H35F2NO7S. The van der Waals surface area contributed by atoms with Gasteiger partial charge in [0.1, 0.15) is 49.6 Å². The molecule has 1 N–H and O–H groups in total. The average Bonchev–Trinajstić information content (AvgIpc) is 3.00. The second-order valence-corrected chi connectivity index (χ2v) is 12.6. The van der Waals surface area contributed by atoms with Gasteiger partial charge in [-0.15, -0.1) is 0 Å². The second-order valence-electron chi connectivity index (χ2n) is 11.0. The molecular weight excluding hydrogens is 604 g/mol. The lowest BCUT2D eigenvalue weighted by Crippen LogP contribution is -2.25. The molecule has 0 atom stereocenters. The number of halogens is 2. The molecule has 1 heterocycles. The van der Waals surface area contributed by atoms with Gasteiger partial charge in [0.25, 0.3) is 10.1 Å². The zero-order chi connectivity index (χ0) is 32.1. The third kappa shape index (κ3) is 8.30. The van der Waals surface area contributed by atoms with Gasteiger partial charge in [0, 0.05) is 36.3 Å². The monoisotopic (exact) mass is 639 g/mol. The molecule has 0 spiro atoms. The van der Waals surface area contributed by atoms with Gasteiger partial charge in [0.05, 0.1) is 5.75 Å². The van der Waals surface area contributed by atoms with Crippen LogP contribution in [0, 0.1) is 25.5 Å². The van der Waals surface area contributed by atoms with E-state index >= 15 is 0 Å². The fourth-order valence-corrected chi connectivity index (χ4v) is 5.64. The standard InChI is InChI=1S/C34H35F2NO7S/c1-22-15-27(19-37(3)11-14-45(38,39)40)33(44-21-26-7-9-28(35)17-30(26)36)18-32(22)43-20-25-5-4-6-29(23(25)2)24-8-10-31-34(16-24)42-13-12-41-31/h4-10,15-18H,11-14,19-21H2,1-3H3,(H,38,39,40). The van der Waals surface area contributed by atoms with Gasteiger partial charge in [0.2, 0.25) is 0 Å². The van der Waals surface area contributed by atoms with Crippen molar-refractivity contribution in [2.24, 2.45) is 0 Å². The molecule has 0 amide bonds. The fourth-order valence-electron chi connectivity index (χ4n) is 5.10. The number of ether oxygens (including phenoxy) is 4. The predicted molar refractivity (Wildman–Crippen MR) is 167 cm³/mol. The SMILES string of the molecule is Cc1cc(CN(C)CCS(=O)(=O)O)c(OCc2ccc(F)cc2F)cc1OCc1cccc(-c2ccc3c(c2)OCCO3)c1C. The maximum Gasteiger partial charge on any atom is 0.266 e. The fraction of sp³-hybridized carbons (Fsp3) is 0.294. The summed E-state index contributed by atoms with van der Waals surface area (Å²) in [4.78, 5) is 1.72. The maximum absolute atomic E-state index is 14.4. The molecule has 4 aromatic rings. The number of nitrogens with zero attached hydrogens (tertiary/aromatic N) is 1. The minimum Gasteiger partial charge on any atom is -0.488 e. The Hall–Kier alpha value is -4.19. The van der Waals surface area contributed by atoms with Crippen LogP contribution < -0.4 is 18.9 Å². The lowest BCUT2D eigenvalue weighted by atomic mass is 9.96. The van der Waals surface area contributed by atoms with Crippen molar-refractivity contribution < 1.29 is 40.7 Å². The van der Waals surface area contributed by atoms with Crippen LogP contribution in [-0.4, -0.2) is 50.4 Å². The van der Waals surface area contributed by atoms with Crippen molar-refractivity contribution in [3.63, 3.8) is 0 Å². The van der Waals surface area contributed by atoms with E-state index in [1.807, 2.05) is 56.3 Å². The van der Waals surface area contributed by atoms with E-state index in [4.69, 9.17) is 23.5 Å². The Kier molecular flexibility index (Phi) is 9.91. The third-order valence-electron chi connectivity index (χ3n) is 7.61. The van der Waals surface area contributed by atoms with Gasteiger partial charge in [-0.3, -0.25) is 4.55 Å². The Morgan fingerprint density at radius 2 is 1.58 bits per heavy atom. The Morgan fingerprint density at radius 3 is 2.33 bits per heavy atom. The minimum absolute atomic E-state index is 0.0845. The van der Waals surface area contributed by atoms with Crippen LogP contribution in [0.3, 0.4) is 0 Å². The summed E-state index contributed by atoms with van der Waals surface area (Å²) in [6, 6.07) is 18.8. The van der Waals surface area contributed by atoms with E-state index in [-0.39, 0.29) is 31.9 Å². The molecule has 0 bridgehead atoms. The topological polar surface area (TPSA) is 94.5 Å². The summed E-state index contributed by atoms with van der Waals surface area (Å²) in [6.45, 7) is 5.44. The van der Waals surface area contributed by atoms with E-state index in [0.717, 1.165) is 45.7 Å². The minimum atomic E-state index is -4.13. The van der Waals surface area contributed by atoms with Crippen molar-refractivity contribution in [3.05, 3.63) is 106 Å². The third-order valence-corrected chi connectivity index (χ3v) is 8.31. The van der Waals surface area contributed by atoms with Crippen LogP contribution >= 0.6 is 0 Å². The maximum atomic E-state index is 14.4. The molecule has 5 rings (SSSR count). The van der Waals surface area contributed by atoms with Crippen LogP contribution in [0.2, 0.25) is 0 Å². The number of aryl methyl sites for hydroxylation is 1. The number of benzene rings is 4. The highest BCUT2D eigenvalue weighted by Crippen LogP contribution is 2.37. The first-order chi connectivity index (χ1) is 21.5. The largest absolute Gasteiger partial charge is 0.488 e. The highest BCUT2D eigenvalue weighted by Gasteiger charge is 2.17. The van der Waals surface area contributed by atoms with Crippen molar-refractivity contribution in [1.29, 1.82) is 0 Å². The Labute approximate surface area is 261 Å². The summed E-state index contributed by atoms with van der Waals surface area (Å²) in [5.74, 6) is 0.567. The van der Waals surface area contributed by atoms with E-state index in [0.29, 0.717) is 36.0 Å². The van der Waals surface area contributed by atoms with Crippen molar-refractivity contribution in [2.45, 2.75) is 33.6 Å². The molecule has 4 aromatic carbocycles. The summed E-state index contributed by atoms with van der Waals surface area (Å²) in [5.41, 5.74) is 5.76. The van der Waals surface area contributed by atoms with Crippen molar-refractivity contribution in [2.75, 3.05) is 32.6 Å². The van der Waals surface area contributed by atoms with Gasteiger partial charge < -0.3 is 23.8 Å². The highest BCUT2D eigenvalue weighted by atomic mass is 32.2. The van der Waals surface area contributed by atoms with Gasteiger partial charge in [-0.2, -0.15) is 8.42 Å². The Balaban J connectivity index is 1.37. The van der Waals surface area contributed by atoms with E-state index < -0.39 is 27.5 Å². The van der Waals surface area contributed by atoms with Gasteiger partial charge in [-0.05, 0) is 79.0 Å². The first-order valence-corrected chi connectivity index (χ1v) is 16.0. The summed E-state index contributed by atoms with van der Waals surface area (Å²) in [7, 11) is -2.42. The van der Waals surface area contributed by atoms with E-state index in [1.165, 1.54) is 6.07 Å². The van der Waals surface area contributed by atoms with Crippen molar-refractivity contribution in [3.8, 4) is 34.1 Å². The van der Waals surface area contributed by atoms with E-state index in [1.54, 1.807) is 18.0 Å². The molecule has 11 heteroatoms. The lowest BCUT2D eigenvalue weighted by molar-refractivity contribution is 0.171. The van der Waals surface area contributed by atoms with Gasteiger partial charge >= 0.3 is 0 Å². The van der Waals surface area contributed by atoms with Crippen molar-refractivity contribution in [1.82, 2.24) is 4.90 Å². The molecule has 1 aliphatic heterocycles. The molecule has 0 saturated heterocycles. The Bertz CT molecular complexity index is 1800. The molecule has 8 nitrogen and oxygen atoms in total. The molecule has 0 aromatic heterocycles. The van der Waals surface area contributed by atoms with Gasteiger partial charge in [-0.1, -0.05) is 24.3 Å². The summed E-state index contributed by atoms with van der Waals surface area (Å²) < 4.78 is 83.2. The van der Waals surface area contributed by atoms with Crippen LogP contribution in [0.1, 0.15) is 27.8 Å². The van der Waals surface area contributed by atoms with Crippen LogP contribution in [-0.2, 0) is 29.9 Å². The first-order valence-electron chi connectivity index (χ1n) is 14.4. The first kappa shape index (κ1) is 32.2. The molecule has 238 valence electrons. The summed E-state index contributed by atoms with van der Waals surface area (Å²) in [6.07, 6.45) is 0. The van der Waals surface area contributed by atoms with Crippen LogP contribution in [0.25, 0.3) is 11.1 Å². The van der Waals surface area contributed by atoms with Crippen LogP contribution in [0.15, 0.2) is 66.7 Å². The number of rotatable bonds is 12. The van der Waals surface area contributed by atoms with Gasteiger partial charge in [0.15, 0.2) is 11.5 Å². The normalized spacial score (nSPS) is 12.8.